The van der Waals surface area contributed by atoms with Gasteiger partial charge in [0.05, 0.1) is 34.6 Å². The van der Waals surface area contributed by atoms with E-state index in [0.717, 1.165) is 40.6 Å². The number of hydrogen-bond donors (Lipinski definition) is 4. The van der Waals surface area contributed by atoms with E-state index in [4.69, 9.17) is 0 Å². The second kappa shape index (κ2) is 4.49. The number of benzene rings is 1. The lowest BCUT2D eigenvalue weighted by Gasteiger charge is -2.21. The van der Waals surface area contributed by atoms with E-state index >= 15 is 0 Å². The van der Waals surface area contributed by atoms with Gasteiger partial charge in [0.2, 0.25) is 5.91 Å². The number of nitrogens with zero attached hydrogens (tertiary/aromatic N) is 1. The Morgan fingerprint density at radius 2 is 2.22 bits per heavy atom. The fourth-order valence-corrected chi connectivity index (χ4v) is 2.45. The number of fused-ring (bicyclic) bond motifs is 1. The first-order valence-electron chi connectivity index (χ1n) is 5.65. The molecule has 4 N–H and O–H groups in total. The lowest BCUT2D eigenvalue weighted by Crippen LogP contribution is -2.29. The number of carbonyl (C=O) groups is 1. The molecule has 0 fully saturated rings. The van der Waals surface area contributed by atoms with Crippen molar-refractivity contribution >= 4 is 44.9 Å². The van der Waals surface area contributed by atoms with Gasteiger partial charge in [-0.15, -0.1) is 0 Å². The molecule has 0 spiro atoms. The van der Waals surface area contributed by atoms with Gasteiger partial charge in [-0.3, -0.25) is 9.79 Å². The largest absolute Gasteiger partial charge is 0.374 e. The summed E-state index contributed by atoms with van der Waals surface area (Å²) >= 11 is 3.50. The minimum absolute atomic E-state index is 0.0447. The molecule has 0 bridgehead atoms. The SMILES string of the molecule is O=C1CNc2ccc(NC3=NCCN3)c(Br)c2N1. The van der Waals surface area contributed by atoms with E-state index in [1.165, 1.54) is 0 Å². The summed E-state index contributed by atoms with van der Waals surface area (Å²) in [5.74, 6) is 0.711. The number of hydrogen-bond acceptors (Lipinski definition) is 5. The Morgan fingerprint density at radius 3 is 3.00 bits per heavy atom. The highest BCUT2D eigenvalue weighted by atomic mass is 79.9. The minimum atomic E-state index is -0.0447. The lowest BCUT2D eigenvalue weighted by molar-refractivity contribution is -0.114. The molecule has 2 heterocycles. The van der Waals surface area contributed by atoms with Gasteiger partial charge in [0.15, 0.2) is 5.96 Å². The van der Waals surface area contributed by atoms with Crippen LogP contribution in [-0.4, -0.2) is 31.5 Å². The first-order valence-corrected chi connectivity index (χ1v) is 6.45. The second-order valence-electron chi connectivity index (χ2n) is 4.03. The first-order chi connectivity index (χ1) is 8.74. The van der Waals surface area contributed by atoms with E-state index in [1.807, 2.05) is 12.1 Å². The molecule has 0 aromatic heterocycles. The molecule has 0 saturated heterocycles. The summed E-state index contributed by atoms with van der Waals surface area (Å²) in [5.41, 5.74) is 2.54. The van der Waals surface area contributed by atoms with E-state index in [-0.39, 0.29) is 5.91 Å². The molecule has 0 unspecified atom stereocenters. The quantitative estimate of drug-likeness (QED) is 0.628. The lowest BCUT2D eigenvalue weighted by atomic mass is 10.2. The number of aliphatic imine (C=N–C) groups is 1. The maximum Gasteiger partial charge on any atom is 0.243 e. The number of carbonyl (C=O) groups excluding carboxylic acids is 1. The van der Waals surface area contributed by atoms with Crippen LogP contribution in [0.5, 0.6) is 0 Å². The van der Waals surface area contributed by atoms with Crippen LogP contribution in [0, 0.1) is 0 Å². The Hall–Kier alpha value is -1.76. The molecule has 0 saturated carbocycles. The predicted octanol–water partition coefficient (Wildman–Crippen LogP) is 1.18. The van der Waals surface area contributed by atoms with Gasteiger partial charge < -0.3 is 21.3 Å². The predicted molar refractivity (Wildman–Crippen MR) is 75.2 cm³/mol. The molecule has 1 aromatic rings. The van der Waals surface area contributed by atoms with Gasteiger partial charge >= 0.3 is 0 Å². The van der Waals surface area contributed by atoms with Crippen molar-refractivity contribution in [1.82, 2.24) is 5.32 Å². The molecule has 0 atom stereocenters. The number of guanidine groups is 1. The Bertz CT molecular complexity index is 542. The highest BCUT2D eigenvalue weighted by Crippen LogP contribution is 2.38. The summed E-state index contributed by atoms with van der Waals surface area (Å²) in [6.07, 6.45) is 0. The van der Waals surface area contributed by atoms with Crippen molar-refractivity contribution in [3.8, 4) is 0 Å². The van der Waals surface area contributed by atoms with Crippen LogP contribution >= 0.6 is 15.9 Å². The summed E-state index contributed by atoms with van der Waals surface area (Å²) in [6.45, 7) is 1.94. The van der Waals surface area contributed by atoms with E-state index < -0.39 is 0 Å². The van der Waals surface area contributed by atoms with Crippen molar-refractivity contribution in [2.75, 3.05) is 35.6 Å². The maximum atomic E-state index is 11.4. The maximum absolute atomic E-state index is 11.4. The van der Waals surface area contributed by atoms with Gasteiger partial charge in [-0.1, -0.05) is 0 Å². The molecule has 1 amide bonds. The molecule has 2 aliphatic rings. The summed E-state index contributed by atoms with van der Waals surface area (Å²) in [7, 11) is 0. The zero-order valence-corrected chi connectivity index (χ0v) is 11.1. The Balaban J connectivity index is 1.92. The summed E-state index contributed by atoms with van der Waals surface area (Å²) in [6, 6.07) is 3.87. The Labute approximate surface area is 112 Å². The molecular formula is C11H12BrN5O. The fraction of sp³-hybridized carbons (Fsp3) is 0.273. The molecule has 18 heavy (non-hydrogen) atoms. The molecular weight excluding hydrogens is 298 g/mol. The highest BCUT2D eigenvalue weighted by molar-refractivity contribution is 9.10. The average Bonchev–Trinajstić information content (AvgIpc) is 2.86. The summed E-state index contributed by atoms with van der Waals surface area (Å²) in [4.78, 5) is 15.7. The van der Waals surface area contributed by atoms with Gasteiger partial charge in [0.25, 0.3) is 0 Å². The molecule has 2 aliphatic heterocycles. The van der Waals surface area contributed by atoms with E-state index in [1.54, 1.807) is 0 Å². The zero-order chi connectivity index (χ0) is 12.5. The van der Waals surface area contributed by atoms with Crippen molar-refractivity contribution in [3.63, 3.8) is 0 Å². The standard InChI is InChI=1S/C11H12BrN5O/c12-9-6(16-11-13-3-4-14-11)1-2-7-10(9)17-8(18)5-15-7/h1-2,15H,3-5H2,(H,17,18)(H2,13,14,16). The van der Waals surface area contributed by atoms with Crippen LogP contribution in [0.15, 0.2) is 21.6 Å². The molecule has 7 heteroatoms. The van der Waals surface area contributed by atoms with Crippen LogP contribution < -0.4 is 21.3 Å². The van der Waals surface area contributed by atoms with E-state index in [0.29, 0.717) is 6.54 Å². The monoisotopic (exact) mass is 309 g/mol. The molecule has 3 rings (SSSR count). The van der Waals surface area contributed by atoms with Gasteiger partial charge in [-0.05, 0) is 28.1 Å². The van der Waals surface area contributed by atoms with Crippen LogP contribution in [0.4, 0.5) is 17.1 Å². The molecule has 1 aromatic carbocycles. The Morgan fingerprint density at radius 1 is 1.33 bits per heavy atom. The van der Waals surface area contributed by atoms with Crippen LogP contribution in [0.25, 0.3) is 0 Å². The summed E-state index contributed by atoms with van der Waals surface area (Å²) < 4.78 is 0.817. The van der Waals surface area contributed by atoms with Crippen molar-refractivity contribution in [2.45, 2.75) is 0 Å². The number of amides is 1. The van der Waals surface area contributed by atoms with Gasteiger partial charge in [0.1, 0.15) is 0 Å². The second-order valence-corrected chi connectivity index (χ2v) is 4.83. The van der Waals surface area contributed by atoms with Gasteiger partial charge in [-0.2, -0.15) is 0 Å². The topological polar surface area (TPSA) is 77.5 Å². The first kappa shape index (κ1) is 11.3. The fourth-order valence-electron chi connectivity index (χ4n) is 1.91. The zero-order valence-electron chi connectivity index (χ0n) is 9.51. The minimum Gasteiger partial charge on any atom is -0.374 e. The van der Waals surface area contributed by atoms with Crippen LogP contribution in [0.3, 0.4) is 0 Å². The van der Waals surface area contributed by atoms with Crippen molar-refractivity contribution in [3.05, 3.63) is 16.6 Å². The number of anilines is 3. The average molecular weight is 310 g/mol. The molecule has 94 valence electrons. The molecule has 0 radical (unpaired) electrons. The summed E-state index contributed by atoms with van der Waals surface area (Å²) in [5, 5.41) is 12.2. The Kier molecular flexibility index (Phi) is 2.83. The number of rotatable bonds is 1. The molecule has 0 aliphatic carbocycles. The third-order valence-electron chi connectivity index (χ3n) is 2.77. The van der Waals surface area contributed by atoms with E-state index in [2.05, 4.69) is 42.2 Å². The van der Waals surface area contributed by atoms with Crippen LogP contribution in [-0.2, 0) is 4.79 Å². The van der Waals surface area contributed by atoms with E-state index in [9.17, 15) is 4.79 Å². The highest BCUT2D eigenvalue weighted by Gasteiger charge is 2.19. The van der Waals surface area contributed by atoms with Crippen molar-refractivity contribution in [1.29, 1.82) is 0 Å². The van der Waals surface area contributed by atoms with Crippen molar-refractivity contribution in [2.24, 2.45) is 4.99 Å². The van der Waals surface area contributed by atoms with Gasteiger partial charge in [0, 0.05) is 6.54 Å². The number of nitrogens with one attached hydrogen (secondary N) is 4. The van der Waals surface area contributed by atoms with Gasteiger partial charge in [-0.25, -0.2) is 0 Å². The van der Waals surface area contributed by atoms with Crippen LogP contribution in [0.1, 0.15) is 0 Å². The molecule has 6 nitrogen and oxygen atoms in total. The third-order valence-corrected chi connectivity index (χ3v) is 3.60. The smallest absolute Gasteiger partial charge is 0.243 e. The van der Waals surface area contributed by atoms with Crippen molar-refractivity contribution < 1.29 is 4.79 Å². The normalized spacial score (nSPS) is 17.2. The van der Waals surface area contributed by atoms with Crippen LogP contribution in [0.2, 0.25) is 0 Å². The third kappa shape index (κ3) is 2.01. The number of halogens is 1.